The summed E-state index contributed by atoms with van der Waals surface area (Å²) in [5, 5.41) is -1.26. The highest BCUT2D eigenvalue weighted by molar-refractivity contribution is 7.92. The zero-order valence-corrected chi connectivity index (χ0v) is 11.6. The molecule has 5 heteroatoms. The number of carbonyl (C=O) groups excluding carboxylic acids is 1. The summed E-state index contributed by atoms with van der Waals surface area (Å²) in [6.45, 7) is 0. The summed E-state index contributed by atoms with van der Waals surface area (Å²) in [4.78, 5) is 11.7. The Morgan fingerprint density at radius 3 is 1.95 bits per heavy atom. The lowest BCUT2D eigenvalue weighted by molar-refractivity contribution is -0.117. The molecule has 0 aliphatic rings. The number of carbonyl (C=O) groups is 1. The molecule has 0 saturated heterocycles. The van der Waals surface area contributed by atoms with Crippen molar-refractivity contribution in [1.82, 2.24) is 0 Å². The molecule has 0 spiro atoms. The van der Waals surface area contributed by atoms with Crippen molar-refractivity contribution in [1.29, 1.82) is 0 Å². The van der Waals surface area contributed by atoms with Crippen LogP contribution in [0, 0.1) is 0 Å². The van der Waals surface area contributed by atoms with Crippen molar-refractivity contribution < 1.29 is 13.2 Å². The van der Waals surface area contributed by atoms with Crippen molar-refractivity contribution in [2.45, 2.75) is 16.6 Å². The molecule has 2 N–H and O–H groups in total. The third-order valence-electron chi connectivity index (χ3n) is 3.03. The predicted molar refractivity (Wildman–Crippen MR) is 76.8 cm³/mol. The summed E-state index contributed by atoms with van der Waals surface area (Å²) in [6, 6.07) is 16.9. The molecule has 0 aromatic heterocycles. The first-order chi connectivity index (χ1) is 9.51. The van der Waals surface area contributed by atoms with E-state index in [0.29, 0.717) is 0 Å². The van der Waals surface area contributed by atoms with Gasteiger partial charge in [-0.3, -0.25) is 4.79 Å². The fraction of sp³-hybridized carbons (Fsp3) is 0.133. The number of benzene rings is 2. The summed E-state index contributed by atoms with van der Waals surface area (Å²) in [5.41, 5.74) is 6.05. The minimum atomic E-state index is -3.77. The molecule has 1 amide bonds. The van der Waals surface area contributed by atoms with Crippen LogP contribution in [0.15, 0.2) is 65.6 Å². The van der Waals surface area contributed by atoms with Crippen LogP contribution in [0.5, 0.6) is 0 Å². The maximum atomic E-state index is 12.5. The Bertz CT molecular complexity index is 682. The second-order valence-electron chi connectivity index (χ2n) is 4.44. The Morgan fingerprint density at radius 1 is 0.950 bits per heavy atom. The number of amides is 1. The van der Waals surface area contributed by atoms with E-state index < -0.39 is 21.0 Å². The Hall–Kier alpha value is -2.14. The number of primary amides is 1. The van der Waals surface area contributed by atoms with Crippen LogP contribution in [0.2, 0.25) is 0 Å². The first kappa shape index (κ1) is 14.3. The number of rotatable bonds is 5. The van der Waals surface area contributed by atoms with E-state index in [1.54, 1.807) is 42.5 Å². The van der Waals surface area contributed by atoms with E-state index in [0.717, 1.165) is 5.56 Å². The molecule has 0 heterocycles. The van der Waals surface area contributed by atoms with Crippen molar-refractivity contribution in [3.63, 3.8) is 0 Å². The van der Waals surface area contributed by atoms with Crippen LogP contribution in [0.3, 0.4) is 0 Å². The van der Waals surface area contributed by atoms with Gasteiger partial charge in [-0.1, -0.05) is 48.5 Å². The van der Waals surface area contributed by atoms with Crippen molar-refractivity contribution >= 4 is 15.7 Å². The van der Waals surface area contributed by atoms with Gasteiger partial charge in [0, 0.05) is 0 Å². The standard InChI is InChI=1S/C15H15NO3S/c16-15(17)14(11-12-7-3-1-4-8-12)20(18,19)13-9-5-2-6-10-13/h1-10,14H,11H2,(H2,16,17). The fourth-order valence-electron chi connectivity index (χ4n) is 1.97. The Kier molecular flexibility index (Phi) is 4.20. The molecule has 104 valence electrons. The Labute approximate surface area is 118 Å². The van der Waals surface area contributed by atoms with Crippen LogP contribution in [0.4, 0.5) is 0 Å². The van der Waals surface area contributed by atoms with E-state index in [1.165, 1.54) is 12.1 Å². The molecule has 0 saturated carbocycles. The lowest BCUT2D eigenvalue weighted by atomic mass is 10.1. The summed E-state index contributed by atoms with van der Waals surface area (Å²) >= 11 is 0. The van der Waals surface area contributed by atoms with E-state index in [-0.39, 0.29) is 11.3 Å². The van der Waals surface area contributed by atoms with Gasteiger partial charge in [-0.25, -0.2) is 8.42 Å². The third kappa shape index (κ3) is 3.05. The first-order valence-electron chi connectivity index (χ1n) is 6.14. The number of hydrogen-bond donors (Lipinski definition) is 1. The second kappa shape index (κ2) is 5.88. The van der Waals surface area contributed by atoms with Crippen LogP contribution in [0.1, 0.15) is 5.56 Å². The first-order valence-corrected chi connectivity index (χ1v) is 7.68. The van der Waals surface area contributed by atoms with Gasteiger partial charge in [0.1, 0.15) is 5.25 Å². The van der Waals surface area contributed by atoms with Gasteiger partial charge in [0.2, 0.25) is 5.91 Å². The molecule has 2 aromatic rings. The van der Waals surface area contributed by atoms with Gasteiger partial charge >= 0.3 is 0 Å². The van der Waals surface area contributed by atoms with Gasteiger partial charge in [-0.15, -0.1) is 0 Å². The van der Waals surface area contributed by atoms with Gasteiger partial charge in [0.15, 0.2) is 9.84 Å². The smallest absolute Gasteiger partial charge is 0.236 e. The number of nitrogens with two attached hydrogens (primary N) is 1. The van der Waals surface area contributed by atoms with E-state index in [9.17, 15) is 13.2 Å². The minimum Gasteiger partial charge on any atom is -0.369 e. The van der Waals surface area contributed by atoms with Crippen LogP contribution in [-0.2, 0) is 21.1 Å². The average molecular weight is 289 g/mol. The van der Waals surface area contributed by atoms with Crippen LogP contribution >= 0.6 is 0 Å². The molecule has 0 fully saturated rings. The molecule has 0 aliphatic carbocycles. The highest BCUT2D eigenvalue weighted by Crippen LogP contribution is 2.19. The number of sulfone groups is 1. The van der Waals surface area contributed by atoms with E-state index in [1.807, 2.05) is 6.07 Å². The maximum Gasteiger partial charge on any atom is 0.236 e. The molecular weight excluding hydrogens is 274 g/mol. The third-order valence-corrected chi connectivity index (χ3v) is 5.10. The van der Waals surface area contributed by atoms with Gasteiger partial charge < -0.3 is 5.73 Å². The summed E-state index contributed by atoms with van der Waals surface area (Å²) in [6.07, 6.45) is 0.0768. The molecule has 20 heavy (non-hydrogen) atoms. The fourth-order valence-corrected chi connectivity index (χ4v) is 3.55. The van der Waals surface area contributed by atoms with Crippen molar-refractivity contribution in [3.8, 4) is 0 Å². The van der Waals surface area contributed by atoms with Gasteiger partial charge in [0.05, 0.1) is 4.90 Å². The topological polar surface area (TPSA) is 77.2 Å². The molecular formula is C15H15NO3S. The van der Waals surface area contributed by atoms with Crippen LogP contribution in [-0.4, -0.2) is 19.6 Å². The van der Waals surface area contributed by atoms with Gasteiger partial charge in [-0.2, -0.15) is 0 Å². The normalized spacial score (nSPS) is 12.8. The zero-order valence-electron chi connectivity index (χ0n) is 10.8. The lowest BCUT2D eigenvalue weighted by Crippen LogP contribution is -2.37. The monoisotopic (exact) mass is 289 g/mol. The average Bonchev–Trinajstić information content (AvgIpc) is 2.46. The molecule has 0 bridgehead atoms. The summed E-state index contributed by atoms with van der Waals surface area (Å²) < 4.78 is 25.0. The Balaban J connectivity index is 2.37. The van der Waals surface area contributed by atoms with E-state index in [4.69, 9.17) is 5.73 Å². The molecule has 1 atom stereocenters. The Morgan fingerprint density at radius 2 is 1.45 bits per heavy atom. The van der Waals surface area contributed by atoms with E-state index >= 15 is 0 Å². The largest absolute Gasteiger partial charge is 0.369 e. The van der Waals surface area contributed by atoms with Crippen molar-refractivity contribution in [2.24, 2.45) is 5.73 Å². The molecule has 0 radical (unpaired) electrons. The predicted octanol–water partition coefficient (Wildman–Crippen LogP) is 1.56. The summed E-state index contributed by atoms with van der Waals surface area (Å²) in [5.74, 6) is -0.835. The highest BCUT2D eigenvalue weighted by atomic mass is 32.2. The van der Waals surface area contributed by atoms with Crippen molar-refractivity contribution in [3.05, 3.63) is 66.2 Å². The highest BCUT2D eigenvalue weighted by Gasteiger charge is 2.32. The van der Waals surface area contributed by atoms with Crippen LogP contribution in [0.25, 0.3) is 0 Å². The minimum absolute atomic E-state index is 0.0768. The molecule has 1 unspecified atom stereocenters. The molecule has 2 aromatic carbocycles. The maximum absolute atomic E-state index is 12.5. The lowest BCUT2D eigenvalue weighted by Gasteiger charge is -2.14. The van der Waals surface area contributed by atoms with E-state index in [2.05, 4.69) is 0 Å². The molecule has 2 rings (SSSR count). The zero-order chi connectivity index (χ0) is 14.6. The molecule has 4 nitrogen and oxygen atoms in total. The SMILES string of the molecule is NC(=O)C(Cc1ccccc1)S(=O)(=O)c1ccccc1. The van der Waals surface area contributed by atoms with Gasteiger partial charge in [-0.05, 0) is 24.1 Å². The molecule has 0 aliphatic heterocycles. The van der Waals surface area contributed by atoms with Crippen LogP contribution < -0.4 is 5.73 Å². The quantitative estimate of drug-likeness (QED) is 0.907. The second-order valence-corrected chi connectivity index (χ2v) is 6.57. The number of hydrogen-bond acceptors (Lipinski definition) is 3. The van der Waals surface area contributed by atoms with Crippen molar-refractivity contribution in [2.75, 3.05) is 0 Å². The van der Waals surface area contributed by atoms with Gasteiger partial charge in [0.25, 0.3) is 0 Å². The summed E-state index contributed by atoms with van der Waals surface area (Å²) in [7, 11) is -3.77.